The molecular weight excluding hydrogens is 240 g/mol. The second-order valence-electron chi connectivity index (χ2n) is 5.28. The fourth-order valence-corrected chi connectivity index (χ4v) is 2.55. The Labute approximate surface area is 114 Å². The lowest BCUT2D eigenvalue weighted by Gasteiger charge is -2.24. The van der Waals surface area contributed by atoms with Gasteiger partial charge in [0.1, 0.15) is 0 Å². The minimum atomic E-state index is -0.524. The van der Waals surface area contributed by atoms with Crippen molar-refractivity contribution in [2.24, 2.45) is 0 Å². The molecule has 2 rings (SSSR count). The van der Waals surface area contributed by atoms with Crippen molar-refractivity contribution in [1.82, 2.24) is 4.90 Å². The van der Waals surface area contributed by atoms with Gasteiger partial charge in [0.15, 0.2) is 0 Å². The molecule has 104 valence electrons. The van der Waals surface area contributed by atoms with Crippen LogP contribution in [0.25, 0.3) is 0 Å². The summed E-state index contributed by atoms with van der Waals surface area (Å²) in [6, 6.07) is 7.63. The van der Waals surface area contributed by atoms with Gasteiger partial charge in [-0.1, -0.05) is 25.0 Å². The van der Waals surface area contributed by atoms with Crippen LogP contribution >= 0.6 is 0 Å². The average Bonchev–Trinajstić information content (AvgIpc) is 2.92. The molecular formula is C15H22N2O2. The van der Waals surface area contributed by atoms with E-state index >= 15 is 0 Å². The van der Waals surface area contributed by atoms with Crippen molar-refractivity contribution in [1.29, 1.82) is 0 Å². The van der Waals surface area contributed by atoms with E-state index in [9.17, 15) is 9.90 Å². The molecule has 2 N–H and O–H groups in total. The molecule has 4 heteroatoms. The summed E-state index contributed by atoms with van der Waals surface area (Å²) < 4.78 is 0. The number of anilines is 1. The average molecular weight is 262 g/mol. The lowest BCUT2D eigenvalue weighted by Crippen LogP contribution is -2.38. The Morgan fingerprint density at radius 3 is 2.74 bits per heavy atom. The number of hydrogen-bond donors (Lipinski definition) is 2. The van der Waals surface area contributed by atoms with E-state index in [4.69, 9.17) is 0 Å². The second-order valence-corrected chi connectivity index (χ2v) is 5.28. The molecule has 1 saturated carbocycles. The number of hydrogen-bond acceptors (Lipinski definition) is 2. The molecule has 1 unspecified atom stereocenters. The number of nitrogens with zero attached hydrogens (tertiary/aromatic N) is 1. The molecule has 19 heavy (non-hydrogen) atoms. The third kappa shape index (κ3) is 3.47. The highest BCUT2D eigenvalue weighted by Gasteiger charge is 2.23. The minimum absolute atomic E-state index is 0.0744. The molecule has 1 fully saturated rings. The topological polar surface area (TPSA) is 52.6 Å². The fourth-order valence-electron chi connectivity index (χ4n) is 2.55. The number of amides is 2. The lowest BCUT2D eigenvalue weighted by atomic mass is 10.1. The minimum Gasteiger partial charge on any atom is -0.389 e. The van der Waals surface area contributed by atoms with Crippen LogP contribution in [0.2, 0.25) is 0 Å². The van der Waals surface area contributed by atoms with Gasteiger partial charge in [0.05, 0.1) is 6.10 Å². The highest BCUT2D eigenvalue weighted by molar-refractivity contribution is 5.89. The van der Waals surface area contributed by atoms with Crippen LogP contribution in [0.5, 0.6) is 0 Å². The van der Waals surface area contributed by atoms with Gasteiger partial charge in [0, 0.05) is 18.8 Å². The standard InChI is InChI=1S/C15H22N2O2/c1-11(18)12-6-5-7-13(10-12)16-15(19)17(2)14-8-3-4-9-14/h5-7,10-11,14,18H,3-4,8-9H2,1-2H3,(H,16,19). The van der Waals surface area contributed by atoms with Crippen molar-refractivity contribution in [2.75, 3.05) is 12.4 Å². The Bertz CT molecular complexity index is 440. The molecule has 0 saturated heterocycles. The van der Waals surface area contributed by atoms with Gasteiger partial charge in [-0.3, -0.25) is 0 Å². The molecule has 4 nitrogen and oxygen atoms in total. The summed E-state index contributed by atoms with van der Waals surface area (Å²) in [6.07, 6.45) is 4.08. The summed E-state index contributed by atoms with van der Waals surface area (Å²) in [5.41, 5.74) is 1.54. The first-order valence-corrected chi connectivity index (χ1v) is 6.90. The highest BCUT2D eigenvalue weighted by atomic mass is 16.3. The predicted molar refractivity (Wildman–Crippen MR) is 76.1 cm³/mol. The first-order valence-electron chi connectivity index (χ1n) is 6.90. The molecule has 0 aromatic heterocycles. The number of carbonyl (C=O) groups excluding carboxylic acids is 1. The maximum Gasteiger partial charge on any atom is 0.321 e. The monoisotopic (exact) mass is 262 g/mol. The van der Waals surface area contributed by atoms with Crippen LogP contribution in [0.4, 0.5) is 10.5 Å². The lowest BCUT2D eigenvalue weighted by molar-refractivity contribution is 0.199. The van der Waals surface area contributed by atoms with Gasteiger partial charge in [-0.2, -0.15) is 0 Å². The molecule has 1 atom stereocenters. The van der Waals surface area contributed by atoms with Gasteiger partial charge < -0.3 is 15.3 Å². The van der Waals surface area contributed by atoms with Crippen LogP contribution in [0.15, 0.2) is 24.3 Å². The summed E-state index contributed by atoms with van der Waals surface area (Å²) in [6.45, 7) is 1.71. The highest BCUT2D eigenvalue weighted by Crippen LogP contribution is 2.23. The van der Waals surface area contributed by atoms with Crippen molar-refractivity contribution in [2.45, 2.75) is 44.8 Å². The molecule has 1 aliphatic rings. The summed E-state index contributed by atoms with van der Waals surface area (Å²) in [5.74, 6) is 0. The Kier molecular flexibility index (Phi) is 4.43. The maximum atomic E-state index is 12.1. The Morgan fingerprint density at radius 1 is 1.42 bits per heavy atom. The summed E-state index contributed by atoms with van der Waals surface area (Å²) in [7, 11) is 1.85. The Morgan fingerprint density at radius 2 is 2.11 bits per heavy atom. The number of aliphatic hydroxyl groups excluding tert-OH is 1. The number of urea groups is 1. The zero-order chi connectivity index (χ0) is 13.8. The van der Waals surface area contributed by atoms with E-state index in [0.717, 1.165) is 24.1 Å². The maximum absolute atomic E-state index is 12.1. The largest absolute Gasteiger partial charge is 0.389 e. The SMILES string of the molecule is CC(O)c1cccc(NC(=O)N(C)C2CCCC2)c1. The van der Waals surface area contributed by atoms with Crippen LogP contribution in [0.1, 0.15) is 44.3 Å². The van der Waals surface area contributed by atoms with Crippen molar-refractivity contribution in [3.63, 3.8) is 0 Å². The van der Waals surface area contributed by atoms with Crippen LogP contribution in [0.3, 0.4) is 0 Å². The van der Waals surface area contributed by atoms with Gasteiger partial charge in [0.2, 0.25) is 0 Å². The number of rotatable bonds is 3. The first kappa shape index (κ1) is 13.9. The van der Waals surface area contributed by atoms with Crippen molar-refractivity contribution in [3.05, 3.63) is 29.8 Å². The van der Waals surface area contributed by atoms with Crippen LogP contribution < -0.4 is 5.32 Å². The van der Waals surface area contributed by atoms with Crippen molar-refractivity contribution < 1.29 is 9.90 Å². The molecule has 1 aromatic rings. The number of benzene rings is 1. The molecule has 1 aliphatic carbocycles. The third-order valence-corrected chi connectivity index (χ3v) is 3.81. The molecule has 1 aromatic carbocycles. The number of aliphatic hydroxyl groups is 1. The normalized spacial score (nSPS) is 17.2. The molecule has 0 aliphatic heterocycles. The smallest absolute Gasteiger partial charge is 0.321 e. The van der Waals surface area contributed by atoms with E-state index in [1.54, 1.807) is 11.8 Å². The van der Waals surface area contributed by atoms with E-state index in [1.807, 2.05) is 31.3 Å². The summed E-state index contributed by atoms with van der Waals surface area (Å²) in [4.78, 5) is 13.9. The van der Waals surface area contributed by atoms with Crippen LogP contribution in [-0.4, -0.2) is 29.1 Å². The summed E-state index contributed by atoms with van der Waals surface area (Å²) >= 11 is 0. The number of nitrogens with one attached hydrogen (secondary N) is 1. The van der Waals surface area contributed by atoms with E-state index < -0.39 is 6.10 Å². The predicted octanol–water partition coefficient (Wildman–Crippen LogP) is 3.15. The van der Waals surface area contributed by atoms with Crippen molar-refractivity contribution >= 4 is 11.7 Å². The zero-order valence-corrected chi connectivity index (χ0v) is 11.6. The van der Waals surface area contributed by atoms with E-state index in [0.29, 0.717) is 6.04 Å². The van der Waals surface area contributed by atoms with Gasteiger partial charge in [-0.15, -0.1) is 0 Å². The Hall–Kier alpha value is -1.55. The molecule has 0 spiro atoms. The number of carbonyl (C=O) groups is 1. The molecule has 0 bridgehead atoms. The van der Waals surface area contributed by atoms with Crippen molar-refractivity contribution in [3.8, 4) is 0 Å². The van der Waals surface area contributed by atoms with Gasteiger partial charge in [-0.25, -0.2) is 4.79 Å². The molecule has 0 radical (unpaired) electrons. The quantitative estimate of drug-likeness (QED) is 0.879. The first-order chi connectivity index (χ1) is 9.08. The Balaban J connectivity index is 1.99. The second kappa shape index (κ2) is 6.06. The van der Waals surface area contributed by atoms with E-state index in [-0.39, 0.29) is 6.03 Å². The van der Waals surface area contributed by atoms with Gasteiger partial charge in [-0.05, 0) is 37.5 Å². The zero-order valence-electron chi connectivity index (χ0n) is 11.6. The van der Waals surface area contributed by atoms with Gasteiger partial charge >= 0.3 is 6.03 Å². The van der Waals surface area contributed by atoms with E-state index in [2.05, 4.69) is 5.32 Å². The molecule has 2 amide bonds. The summed E-state index contributed by atoms with van der Waals surface area (Å²) in [5, 5.41) is 12.4. The molecule has 0 heterocycles. The van der Waals surface area contributed by atoms with Crippen LogP contribution in [0, 0.1) is 0 Å². The third-order valence-electron chi connectivity index (χ3n) is 3.81. The fraction of sp³-hybridized carbons (Fsp3) is 0.533. The van der Waals surface area contributed by atoms with Crippen LogP contribution in [-0.2, 0) is 0 Å². The van der Waals surface area contributed by atoms with Gasteiger partial charge in [0.25, 0.3) is 0 Å². The van der Waals surface area contributed by atoms with E-state index in [1.165, 1.54) is 12.8 Å².